The summed E-state index contributed by atoms with van der Waals surface area (Å²) in [5, 5.41) is 11.1. The molecule has 0 heterocycles. The number of carboxylic acid groups (broad SMARTS) is 1. The maximum atomic E-state index is 13.9. The van der Waals surface area contributed by atoms with E-state index in [1.54, 1.807) is 0 Å². The van der Waals surface area contributed by atoms with Gasteiger partial charge in [-0.3, -0.25) is 4.79 Å². The SMILES string of the molecule is COc1ccc(C(=O)N[C@@H](C(=O)O)c2cc(F)ccc2F)c(F)c1. The van der Waals surface area contributed by atoms with Crippen molar-refractivity contribution in [3.05, 3.63) is 65.0 Å². The summed E-state index contributed by atoms with van der Waals surface area (Å²) < 4.78 is 45.6. The van der Waals surface area contributed by atoms with E-state index in [1.165, 1.54) is 13.2 Å². The van der Waals surface area contributed by atoms with E-state index >= 15 is 0 Å². The molecule has 0 fully saturated rings. The third-order valence-electron chi connectivity index (χ3n) is 3.21. The largest absolute Gasteiger partial charge is 0.497 e. The molecule has 1 amide bonds. The van der Waals surface area contributed by atoms with Gasteiger partial charge in [0.1, 0.15) is 23.2 Å². The number of amides is 1. The van der Waals surface area contributed by atoms with Crippen LogP contribution in [0.4, 0.5) is 13.2 Å². The molecule has 0 radical (unpaired) electrons. The van der Waals surface area contributed by atoms with Crippen LogP contribution in [0.5, 0.6) is 5.75 Å². The monoisotopic (exact) mass is 339 g/mol. The van der Waals surface area contributed by atoms with Gasteiger partial charge in [-0.15, -0.1) is 0 Å². The molecule has 2 aromatic carbocycles. The molecule has 2 aromatic rings. The van der Waals surface area contributed by atoms with Crippen LogP contribution in [-0.2, 0) is 4.79 Å². The first-order chi connectivity index (χ1) is 11.3. The first-order valence-electron chi connectivity index (χ1n) is 6.65. The summed E-state index contributed by atoms with van der Waals surface area (Å²) in [4.78, 5) is 23.4. The van der Waals surface area contributed by atoms with E-state index in [1.807, 2.05) is 5.32 Å². The Hall–Kier alpha value is -3.03. The second kappa shape index (κ2) is 7.03. The summed E-state index contributed by atoms with van der Waals surface area (Å²) >= 11 is 0. The molecule has 0 aliphatic rings. The van der Waals surface area contributed by atoms with Crippen molar-refractivity contribution in [3.63, 3.8) is 0 Å². The van der Waals surface area contributed by atoms with E-state index in [-0.39, 0.29) is 5.75 Å². The van der Waals surface area contributed by atoms with Crippen molar-refractivity contribution in [1.29, 1.82) is 0 Å². The molecule has 0 saturated heterocycles. The van der Waals surface area contributed by atoms with Crippen molar-refractivity contribution < 1.29 is 32.6 Å². The zero-order chi connectivity index (χ0) is 17.9. The lowest BCUT2D eigenvalue weighted by atomic mass is 10.1. The number of aliphatic carboxylic acids is 1. The van der Waals surface area contributed by atoms with Crippen LogP contribution in [-0.4, -0.2) is 24.1 Å². The Kier molecular flexibility index (Phi) is 5.08. The topological polar surface area (TPSA) is 75.6 Å². The average Bonchev–Trinajstić information content (AvgIpc) is 2.54. The van der Waals surface area contributed by atoms with Gasteiger partial charge in [-0.1, -0.05) is 0 Å². The third kappa shape index (κ3) is 3.65. The highest BCUT2D eigenvalue weighted by Crippen LogP contribution is 2.21. The number of benzene rings is 2. The van der Waals surface area contributed by atoms with Crippen LogP contribution < -0.4 is 10.1 Å². The molecular weight excluding hydrogens is 327 g/mol. The summed E-state index contributed by atoms with van der Waals surface area (Å²) in [5.41, 5.74) is -1.04. The molecule has 1 atom stereocenters. The minimum absolute atomic E-state index is 0.162. The van der Waals surface area contributed by atoms with Crippen molar-refractivity contribution in [1.82, 2.24) is 5.32 Å². The molecule has 0 aliphatic heterocycles. The van der Waals surface area contributed by atoms with Gasteiger partial charge in [0, 0.05) is 11.6 Å². The summed E-state index contributed by atoms with van der Waals surface area (Å²) in [7, 11) is 1.31. The Morgan fingerprint density at radius 3 is 2.38 bits per heavy atom. The van der Waals surface area contributed by atoms with Crippen LogP contribution in [0.25, 0.3) is 0 Å². The number of halogens is 3. The zero-order valence-corrected chi connectivity index (χ0v) is 12.3. The Balaban J connectivity index is 2.33. The first kappa shape index (κ1) is 17.3. The predicted octanol–water partition coefficient (Wildman–Crippen LogP) is 2.67. The molecule has 0 bridgehead atoms. The van der Waals surface area contributed by atoms with Gasteiger partial charge in [-0.2, -0.15) is 0 Å². The van der Waals surface area contributed by atoms with E-state index in [9.17, 15) is 27.9 Å². The van der Waals surface area contributed by atoms with Crippen molar-refractivity contribution in [2.45, 2.75) is 6.04 Å². The summed E-state index contributed by atoms with van der Waals surface area (Å²) in [6.07, 6.45) is 0. The molecule has 0 aromatic heterocycles. The van der Waals surface area contributed by atoms with E-state index in [0.29, 0.717) is 6.07 Å². The van der Waals surface area contributed by atoms with E-state index < -0.39 is 46.5 Å². The maximum absolute atomic E-state index is 13.9. The standard InChI is InChI=1S/C16H12F3NO4/c1-24-9-3-4-10(13(19)7-9)15(21)20-14(16(22)23)11-6-8(17)2-5-12(11)18/h2-7,14H,1H3,(H,20,21)(H,22,23)/t14-/m1/s1. The van der Waals surface area contributed by atoms with Gasteiger partial charge in [0.15, 0.2) is 6.04 Å². The lowest BCUT2D eigenvalue weighted by Gasteiger charge is -2.16. The minimum Gasteiger partial charge on any atom is -0.497 e. The van der Waals surface area contributed by atoms with Gasteiger partial charge in [0.2, 0.25) is 0 Å². The van der Waals surface area contributed by atoms with E-state index in [4.69, 9.17) is 4.74 Å². The Morgan fingerprint density at radius 2 is 1.79 bits per heavy atom. The van der Waals surface area contributed by atoms with Crippen LogP contribution in [0.2, 0.25) is 0 Å². The highest BCUT2D eigenvalue weighted by molar-refractivity contribution is 5.97. The van der Waals surface area contributed by atoms with Crippen molar-refractivity contribution in [2.75, 3.05) is 7.11 Å². The van der Waals surface area contributed by atoms with Gasteiger partial charge in [0.25, 0.3) is 5.91 Å². The quantitative estimate of drug-likeness (QED) is 0.878. The Bertz CT molecular complexity index is 795. The molecule has 0 unspecified atom stereocenters. The highest BCUT2D eigenvalue weighted by atomic mass is 19.1. The molecule has 0 spiro atoms. The van der Waals surface area contributed by atoms with Crippen LogP contribution in [0, 0.1) is 17.5 Å². The number of carbonyl (C=O) groups excluding carboxylic acids is 1. The lowest BCUT2D eigenvalue weighted by molar-refractivity contribution is -0.139. The van der Waals surface area contributed by atoms with Gasteiger partial charge in [-0.05, 0) is 30.3 Å². The molecular formula is C16H12F3NO4. The van der Waals surface area contributed by atoms with Crippen LogP contribution in [0.15, 0.2) is 36.4 Å². The average molecular weight is 339 g/mol. The van der Waals surface area contributed by atoms with E-state index in [2.05, 4.69) is 0 Å². The van der Waals surface area contributed by atoms with Gasteiger partial charge in [0.05, 0.1) is 12.7 Å². The number of hydrogen-bond donors (Lipinski definition) is 2. The fourth-order valence-corrected chi connectivity index (χ4v) is 2.02. The highest BCUT2D eigenvalue weighted by Gasteiger charge is 2.27. The van der Waals surface area contributed by atoms with E-state index in [0.717, 1.165) is 24.3 Å². The number of carbonyl (C=O) groups is 2. The molecule has 5 nitrogen and oxygen atoms in total. The first-order valence-corrected chi connectivity index (χ1v) is 6.65. The number of methoxy groups -OCH3 is 1. The molecule has 2 N–H and O–H groups in total. The van der Waals surface area contributed by atoms with Gasteiger partial charge >= 0.3 is 5.97 Å². The molecule has 0 saturated carbocycles. The van der Waals surface area contributed by atoms with Crippen LogP contribution >= 0.6 is 0 Å². The second-order valence-corrected chi connectivity index (χ2v) is 4.76. The molecule has 24 heavy (non-hydrogen) atoms. The van der Waals surface area contributed by atoms with Crippen LogP contribution in [0.1, 0.15) is 22.0 Å². The van der Waals surface area contributed by atoms with Crippen molar-refractivity contribution >= 4 is 11.9 Å². The smallest absolute Gasteiger partial charge is 0.331 e. The number of hydrogen-bond acceptors (Lipinski definition) is 3. The number of ether oxygens (including phenoxy) is 1. The third-order valence-corrected chi connectivity index (χ3v) is 3.21. The number of nitrogens with one attached hydrogen (secondary N) is 1. The number of rotatable bonds is 5. The molecule has 126 valence electrons. The normalized spacial score (nSPS) is 11.7. The zero-order valence-electron chi connectivity index (χ0n) is 12.3. The molecule has 0 aliphatic carbocycles. The summed E-state index contributed by atoms with van der Waals surface area (Å²) in [6.45, 7) is 0. The Labute approximate surface area is 134 Å². The molecule has 8 heteroatoms. The van der Waals surface area contributed by atoms with Crippen LogP contribution in [0.3, 0.4) is 0 Å². The fraction of sp³-hybridized carbons (Fsp3) is 0.125. The summed E-state index contributed by atoms with van der Waals surface area (Å²) in [6, 6.07) is 3.64. The number of carboxylic acids is 1. The molecule has 2 rings (SSSR count). The van der Waals surface area contributed by atoms with Crippen molar-refractivity contribution in [3.8, 4) is 5.75 Å². The van der Waals surface area contributed by atoms with Gasteiger partial charge in [-0.25, -0.2) is 18.0 Å². The summed E-state index contributed by atoms with van der Waals surface area (Å²) in [5.74, 6) is -5.39. The Morgan fingerprint density at radius 1 is 1.08 bits per heavy atom. The maximum Gasteiger partial charge on any atom is 0.331 e. The predicted molar refractivity (Wildman–Crippen MR) is 77.2 cm³/mol. The second-order valence-electron chi connectivity index (χ2n) is 4.76. The minimum atomic E-state index is -1.88. The fourth-order valence-electron chi connectivity index (χ4n) is 2.02. The van der Waals surface area contributed by atoms with Crippen molar-refractivity contribution in [2.24, 2.45) is 0 Å². The van der Waals surface area contributed by atoms with Gasteiger partial charge < -0.3 is 15.2 Å². The lowest BCUT2D eigenvalue weighted by Crippen LogP contribution is -2.34.